The molecular formula is C18H20N4O3S2. The number of thiocarbonyl (C=S) groups is 1. The number of hydrogen-bond acceptors (Lipinski definition) is 5. The van der Waals surface area contributed by atoms with Crippen LogP contribution in [0.2, 0.25) is 0 Å². The average molecular weight is 405 g/mol. The summed E-state index contributed by atoms with van der Waals surface area (Å²) in [6, 6.07) is 9.18. The number of nitrogens with one attached hydrogen (secondary N) is 4. The second-order valence-electron chi connectivity index (χ2n) is 5.80. The van der Waals surface area contributed by atoms with Gasteiger partial charge in [0.25, 0.3) is 5.91 Å². The fraction of sp³-hybridized carbons (Fsp3) is 0.222. The monoisotopic (exact) mass is 404 g/mol. The first kappa shape index (κ1) is 20.5. The molecule has 3 amide bonds. The second kappa shape index (κ2) is 9.79. The van der Waals surface area contributed by atoms with Gasteiger partial charge in [-0.3, -0.25) is 30.6 Å². The van der Waals surface area contributed by atoms with Gasteiger partial charge in [-0.1, -0.05) is 18.2 Å². The quantitative estimate of drug-likeness (QED) is 0.453. The number of benzene rings is 1. The first-order valence-corrected chi connectivity index (χ1v) is 9.44. The first-order valence-electron chi connectivity index (χ1n) is 8.16. The fourth-order valence-electron chi connectivity index (χ4n) is 2.10. The Balaban J connectivity index is 1.69. The third-order valence-electron chi connectivity index (χ3n) is 3.53. The molecule has 142 valence electrons. The molecule has 2 aromatic rings. The lowest BCUT2D eigenvalue weighted by molar-refractivity contribution is -0.124. The van der Waals surface area contributed by atoms with Crippen LogP contribution in [0, 0.1) is 13.8 Å². The van der Waals surface area contributed by atoms with Crippen molar-refractivity contribution in [3.63, 3.8) is 0 Å². The predicted molar refractivity (Wildman–Crippen MR) is 109 cm³/mol. The third-order valence-corrected chi connectivity index (χ3v) is 4.61. The van der Waals surface area contributed by atoms with E-state index in [2.05, 4.69) is 21.5 Å². The summed E-state index contributed by atoms with van der Waals surface area (Å²) in [6.07, 6.45) is 0.000390. The van der Waals surface area contributed by atoms with Crippen LogP contribution in [0.15, 0.2) is 35.7 Å². The minimum Gasteiger partial charge on any atom is -0.326 e. The molecule has 0 bridgehead atoms. The van der Waals surface area contributed by atoms with Crippen LogP contribution in [0.5, 0.6) is 0 Å². The lowest BCUT2D eigenvalue weighted by Crippen LogP contribution is -2.48. The number of rotatable bonds is 5. The molecule has 0 atom stereocenters. The summed E-state index contributed by atoms with van der Waals surface area (Å²) in [4.78, 5) is 36.1. The SMILES string of the molecule is Cc1ccc(C)c(NC(=O)CCC(=O)NNC(=S)NC(=O)c2cccs2)c1. The van der Waals surface area contributed by atoms with Crippen LogP contribution >= 0.6 is 23.6 Å². The Kier molecular flexibility index (Phi) is 7.44. The molecule has 1 aromatic carbocycles. The van der Waals surface area contributed by atoms with Gasteiger partial charge in [-0.05, 0) is 54.7 Å². The molecule has 0 aliphatic heterocycles. The van der Waals surface area contributed by atoms with E-state index in [1.807, 2.05) is 32.0 Å². The molecule has 0 aliphatic carbocycles. The lowest BCUT2D eigenvalue weighted by Gasteiger charge is -2.11. The Labute approximate surface area is 166 Å². The smallest absolute Gasteiger partial charge is 0.267 e. The Morgan fingerprint density at radius 3 is 2.48 bits per heavy atom. The number of hydrogen-bond donors (Lipinski definition) is 4. The van der Waals surface area contributed by atoms with E-state index < -0.39 is 5.91 Å². The van der Waals surface area contributed by atoms with Gasteiger partial charge in [0.15, 0.2) is 5.11 Å². The van der Waals surface area contributed by atoms with Crippen molar-refractivity contribution < 1.29 is 14.4 Å². The number of aryl methyl sites for hydroxylation is 2. The highest BCUT2D eigenvalue weighted by Gasteiger charge is 2.11. The zero-order valence-corrected chi connectivity index (χ0v) is 16.6. The van der Waals surface area contributed by atoms with Crippen molar-refractivity contribution in [1.29, 1.82) is 0 Å². The Morgan fingerprint density at radius 1 is 1.04 bits per heavy atom. The Hall–Kier alpha value is -2.78. The van der Waals surface area contributed by atoms with Crippen molar-refractivity contribution >= 4 is 52.1 Å². The number of carbonyl (C=O) groups excluding carboxylic acids is 3. The van der Waals surface area contributed by atoms with Gasteiger partial charge in [-0.25, -0.2) is 0 Å². The summed E-state index contributed by atoms with van der Waals surface area (Å²) in [6.45, 7) is 3.84. The summed E-state index contributed by atoms with van der Waals surface area (Å²) in [5, 5.41) is 6.98. The van der Waals surface area contributed by atoms with Crippen molar-refractivity contribution in [1.82, 2.24) is 16.2 Å². The van der Waals surface area contributed by atoms with E-state index in [0.29, 0.717) is 4.88 Å². The van der Waals surface area contributed by atoms with Crippen LogP contribution in [0.1, 0.15) is 33.6 Å². The van der Waals surface area contributed by atoms with E-state index in [1.54, 1.807) is 17.5 Å². The highest BCUT2D eigenvalue weighted by molar-refractivity contribution is 7.80. The Morgan fingerprint density at radius 2 is 1.78 bits per heavy atom. The lowest BCUT2D eigenvalue weighted by atomic mass is 10.1. The van der Waals surface area contributed by atoms with Crippen molar-refractivity contribution in [3.05, 3.63) is 51.7 Å². The van der Waals surface area contributed by atoms with Gasteiger partial charge >= 0.3 is 0 Å². The highest BCUT2D eigenvalue weighted by atomic mass is 32.1. The minimum absolute atomic E-state index is 0.0226. The van der Waals surface area contributed by atoms with Crippen LogP contribution in [0.25, 0.3) is 0 Å². The molecule has 4 N–H and O–H groups in total. The summed E-state index contributed by atoms with van der Waals surface area (Å²) >= 11 is 6.22. The highest BCUT2D eigenvalue weighted by Crippen LogP contribution is 2.16. The van der Waals surface area contributed by atoms with Gasteiger partial charge in [-0.15, -0.1) is 11.3 Å². The van der Waals surface area contributed by atoms with E-state index in [9.17, 15) is 14.4 Å². The maximum atomic E-state index is 12.0. The molecule has 0 spiro atoms. The van der Waals surface area contributed by atoms with E-state index in [0.717, 1.165) is 16.8 Å². The van der Waals surface area contributed by atoms with Gasteiger partial charge in [0, 0.05) is 18.5 Å². The van der Waals surface area contributed by atoms with Gasteiger partial charge in [0.2, 0.25) is 11.8 Å². The summed E-state index contributed by atoms with van der Waals surface area (Å²) < 4.78 is 0. The number of thiophene rings is 1. The zero-order chi connectivity index (χ0) is 19.8. The van der Waals surface area contributed by atoms with Gasteiger partial charge in [0.1, 0.15) is 0 Å². The van der Waals surface area contributed by atoms with Crippen LogP contribution < -0.4 is 21.5 Å². The van der Waals surface area contributed by atoms with Crippen molar-refractivity contribution in [2.24, 2.45) is 0 Å². The number of amides is 3. The number of carbonyl (C=O) groups is 3. The fourth-order valence-corrected chi connectivity index (χ4v) is 2.87. The summed E-state index contributed by atoms with van der Waals surface area (Å²) in [7, 11) is 0. The minimum atomic E-state index is -0.418. The predicted octanol–water partition coefficient (Wildman–Crippen LogP) is 2.42. The number of hydrazine groups is 1. The van der Waals surface area contributed by atoms with E-state index in [4.69, 9.17) is 12.2 Å². The van der Waals surface area contributed by atoms with Crippen LogP contribution in [0.3, 0.4) is 0 Å². The van der Waals surface area contributed by atoms with Crippen molar-refractivity contribution in [2.45, 2.75) is 26.7 Å². The normalized spacial score (nSPS) is 10.0. The molecule has 9 heteroatoms. The molecule has 1 heterocycles. The Bertz CT molecular complexity index is 850. The summed E-state index contributed by atoms with van der Waals surface area (Å²) in [5.41, 5.74) is 7.51. The molecule has 0 fully saturated rings. The maximum absolute atomic E-state index is 12.0. The maximum Gasteiger partial charge on any atom is 0.267 e. The van der Waals surface area contributed by atoms with Crippen LogP contribution in [0.4, 0.5) is 5.69 Å². The molecule has 0 unspecified atom stereocenters. The van der Waals surface area contributed by atoms with E-state index in [1.165, 1.54) is 11.3 Å². The second-order valence-corrected chi connectivity index (χ2v) is 7.16. The first-order chi connectivity index (χ1) is 12.8. The van der Waals surface area contributed by atoms with Gasteiger partial charge in [0.05, 0.1) is 4.88 Å². The standard InChI is InChI=1S/C18H20N4O3S2/c1-11-5-6-12(2)13(10-11)19-15(23)7-8-16(24)21-22-18(26)20-17(25)14-4-3-9-27-14/h3-6,9-10H,7-8H2,1-2H3,(H,19,23)(H,21,24)(H2,20,22,25,26). The zero-order valence-electron chi connectivity index (χ0n) is 14.9. The van der Waals surface area contributed by atoms with Crippen molar-refractivity contribution in [2.75, 3.05) is 5.32 Å². The molecule has 27 heavy (non-hydrogen) atoms. The largest absolute Gasteiger partial charge is 0.326 e. The van der Waals surface area contributed by atoms with Gasteiger partial charge < -0.3 is 5.32 Å². The summed E-state index contributed by atoms with van der Waals surface area (Å²) in [5.74, 6) is -1.03. The molecule has 0 saturated heterocycles. The molecule has 0 saturated carbocycles. The van der Waals surface area contributed by atoms with E-state index >= 15 is 0 Å². The molecule has 0 aliphatic rings. The van der Waals surface area contributed by atoms with Crippen LogP contribution in [-0.2, 0) is 9.59 Å². The molecule has 2 rings (SSSR count). The molecule has 7 nitrogen and oxygen atoms in total. The van der Waals surface area contributed by atoms with Crippen molar-refractivity contribution in [3.8, 4) is 0 Å². The molecule has 0 radical (unpaired) electrons. The molecule has 1 aromatic heterocycles. The average Bonchev–Trinajstić information content (AvgIpc) is 3.16. The van der Waals surface area contributed by atoms with Crippen LogP contribution in [-0.4, -0.2) is 22.8 Å². The third kappa shape index (κ3) is 6.80. The topological polar surface area (TPSA) is 99.3 Å². The number of anilines is 1. The van der Waals surface area contributed by atoms with E-state index in [-0.39, 0.29) is 29.8 Å². The van der Waals surface area contributed by atoms with Gasteiger partial charge in [-0.2, -0.15) is 0 Å². The molecular weight excluding hydrogens is 384 g/mol.